The van der Waals surface area contributed by atoms with Crippen molar-refractivity contribution in [2.75, 3.05) is 13.2 Å². The quantitative estimate of drug-likeness (QED) is 0.267. The van der Waals surface area contributed by atoms with E-state index in [0.717, 1.165) is 13.0 Å². The van der Waals surface area contributed by atoms with Crippen LogP contribution in [0.5, 0.6) is 5.75 Å². The fraction of sp³-hybridized carbons (Fsp3) is 0.360. The number of amides is 2. The molecule has 2 atom stereocenters. The number of hydrogen-bond donors (Lipinski definition) is 2. The van der Waals surface area contributed by atoms with Crippen LogP contribution in [0.1, 0.15) is 39.9 Å². The van der Waals surface area contributed by atoms with Gasteiger partial charge < -0.3 is 15.4 Å². The van der Waals surface area contributed by atoms with Crippen molar-refractivity contribution in [3.63, 3.8) is 0 Å². The number of hydrogen-bond acceptors (Lipinski definition) is 3. The Hall–Kier alpha value is -3.70. The summed E-state index contributed by atoms with van der Waals surface area (Å²) < 4.78 is 176. The van der Waals surface area contributed by atoms with E-state index < -0.39 is 100 Å². The molecule has 19 heteroatoms. The molecule has 2 rings (SSSR count). The first-order chi connectivity index (χ1) is 19.9. The van der Waals surface area contributed by atoms with Crippen molar-refractivity contribution in [1.82, 2.24) is 10.6 Å². The van der Waals surface area contributed by atoms with Crippen LogP contribution >= 0.6 is 11.6 Å². The highest BCUT2D eigenvalue weighted by molar-refractivity contribution is 6.30. The molecule has 2 unspecified atom stereocenters. The Morgan fingerprint density at radius 1 is 0.909 bits per heavy atom. The molecule has 244 valence electrons. The van der Waals surface area contributed by atoms with Gasteiger partial charge in [0.25, 0.3) is 5.91 Å². The Morgan fingerprint density at radius 2 is 1.52 bits per heavy atom. The third-order valence-electron chi connectivity index (χ3n) is 5.37. The fourth-order valence-corrected chi connectivity index (χ4v) is 3.67. The van der Waals surface area contributed by atoms with E-state index in [2.05, 4.69) is 4.74 Å². The molecule has 2 N–H and O–H groups in total. The SMILES string of the molecule is CC(NC(=O)c1ccc(/C(F)=C/C(c2cc(Cl)cc(OCC(F)(F)F)c2)C(F)(F)F)cc1C(F)(F)F)C(=O)NCC(F)(F)F. The first kappa shape index (κ1) is 36.5. The maximum Gasteiger partial charge on any atom is 0.422 e. The van der Waals surface area contributed by atoms with Crippen LogP contribution in [-0.2, 0) is 11.0 Å². The molecule has 0 aromatic heterocycles. The Morgan fingerprint density at radius 3 is 2.05 bits per heavy atom. The second kappa shape index (κ2) is 13.5. The minimum Gasteiger partial charge on any atom is -0.484 e. The third-order valence-corrected chi connectivity index (χ3v) is 5.59. The lowest BCUT2D eigenvalue weighted by molar-refractivity contribution is -0.153. The molecule has 0 bridgehead atoms. The Balaban J connectivity index is 2.46. The van der Waals surface area contributed by atoms with E-state index >= 15 is 4.39 Å². The van der Waals surface area contributed by atoms with Crippen LogP contribution in [0.3, 0.4) is 0 Å². The molecule has 5 nitrogen and oxygen atoms in total. The molecule has 0 saturated heterocycles. The first-order valence-corrected chi connectivity index (χ1v) is 12.1. The largest absolute Gasteiger partial charge is 0.484 e. The average molecular weight is 677 g/mol. The Labute approximate surface area is 244 Å². The molecule has 0 spiro atoms. The molecule has 2 amide bonds. The van der Waals surface area contributed by atoms with Gasteiger partial charge in [0.1, 0.15) is 30.1 Å². The van der Waals surface area contributed by atoms with Gasteiger partial charge in [-0.2, -0.15) is 52.7 Å². The molecular weight excluding hydrogens is 659 g/mol. The number of halogens is 14. The highest BCUT2D eigenvalue weighted by atomic mass is 35.5. The van der Waals surface area contributed by atoms with Gasteiger partial charge in [-0.25, -0.2) is 4.39 Å². The zero-order chi connectivity index (χ0) is 33.8. The first-order valence-electron chi connectivity index (χ1n) is 11.7. The standard InChI is InChI=1S/C25H18ClF13N2O3/c1-11(20(42)40-9-22(28,29)30)41-21(43)16-3-2-12(6-18(16)25(37,38)39)19(27)8-17(24(34,35)36)13-4-14(26)7-15(5-13)44-10-23(31,32)33/h2-8,11,17H,9-10H2,1H3,(H,40,42)(H,41,43)/b19-8-. The second-order valence-corrected chi connectivity index (χ2v) is 9.38. The predicted molar refractivity (Wildman–Crippen MR) is 128 cm³/mol. The molecule has 0 radical (unpaired) electrons. The summed E-state index contributed by atoms with van der Waals surface area (Å²) in [6.45, 7) is -2.87. The summed E-state index contributed by atoms with van der Waals surface area (Å²) in [5, 5.41) is 2.58. The van der Waals surface area contributed by atoms with E-state index in [0.29, 0.717) is 24.3 Å². The molecule has 0 aliphatic heterocycles. The number of rotatable bonds is 9. The molecule has 44 heavy (non-hydrogen) atoms. The van der Waals surface area contributed by atoms with Crippen molar-refractivity contribution in [2.24, 2.45) is 0 Å². The normalized spacial score (nSPS) is 14.6. The predicted octanol–water partition coefficient (Wildman–Crippen LogP) is 7.75. The number of carbonyl (C=O) groups excluding carboxylic acids is 2. The molecule has 2 aromatic carbocycles. The topological polar surface area (TPSA) is 67.4 Å². The summed E-state index contributed by atoms with van der Waals surface area (Å²) in [4.78, 5) is 24.2. The van der Waals surface area contributed by atoms with Crippen molar-refractivity contribution in [3.8, 4) is 5.75 Å². The number of allylic oxidation sites excluding steroid dienone is 1. The summed E-state index contributed by atoms with van der Waals surface area (Å²) in [5.74, 6) is -8.68. The summed E-state index contributed by atoms with van der Waals surface area (Å²) in [7, 11) is 0. The van der Waals surface area contributed by atoms with Gasteiger partial charge in [-0.3, -0.25) is 9.59 Å². The lowest BCUT2D eigenvalue weighted by atomic mass is 9.95. The van der Waals surface area contributed by atoms with Crippen LogP contribution in [0.4, 0.5) is 57.1 Å². The molecular formula is C25H18ClF13N2O3. The number of benzene rings is 2. The zero-order valence-electron chi connectivity index (χ0n) is 21.6. The molecule has 2 aromatic rings. The van der Waals surface area contributed by atoms with Crippen molar-refractivity contribution < 1.29 is 71.4 Å². The number of alkyl halides is 12. The van der Waals surface area contributed by atoms with E-state index in [9.17, 15) is 62.3 Å². The van der Waals surface area contributed by atoms with Gasteiger partial charge in [0.2, 0.25) is 5.91 Å². The van der Waals surface area contributed by atoms with Gasteiger partial charge >= 0.3 is 24.7 Å². The summed E-state index contributed by atoms with van der Waals surface area (Å²) in [6.07, 6.45) is -20.7. The van der Waals surface area contributed by atoms with E-state index in [1.807, 2.05) is 0 Å². The minimum atomic E-state index is -5.42. The van der Waals surface area contributed by atoms with Gasteiger partial charge in [0.15, 0.2) is 6.61 Å². The average Bonchev–Trinajstić information content (AvgIpc) is 2.86. The number of ether oxygens (including phenoxy) is 1. The monoisotopic (exact) mass is 676 g/mol. The molecule has 0 fully saturated rings. The molecule has 0 aliphatic rings. The zero-order valence-corrected chi connectivity index (χ0v) is 22.4. The lowest BCUT2D eigenvalue weighted by Gasteiger charge is -2.20. The van der Waals surface area contributed by atoms with E-state index in [-0.39, 0.29) is 12.1 Å². The van der Waals surface area contributed by atoms with Gasteiger partial charge in [-0.1, -0.05) is 17.7 Å². The third kappa shape index (κ3) is 11.1. The van der Waals surface area contributed by atoms with Crippen LogP contribution in [0.15, 0.2) is 42.5 Å². The highest BCUT2D eigenvalue weighted by Crippen LogP contribution is 2.41. The van der Waals surface area contributed by atoms with Crippen LogP contribution < -0.4 is 15.4 Å². The Bertz CT molecular complexity index is 1380. The van der Waals surface area contributed by atoms with E-state index in [4.69, 9.17) is 11.6 Å². The van der Waals surface area contributed by atoms with Crippen LogP contribution in [0.2, 0.25) is 5.02 Å². The summed E-state index contributed by atoms with van der Waals surface area (Å²) in [5.41, 5.74) is -5.18. The van der Waals surface area contributed by atoms with E-state index in [1.54, 1.807) is 5.32 Å². The van der Waals surface area contributed by atoms with Gasteiger partial charge in [-0.15, -0.1) is 0 Å². The lowest BCUT2D eigenvalue weighted by Crippen LogP contribution is -2.47. The van der Waals surface area contributed by atoms with Crippen molar-refractivity contribution in [2.45, 2.75) is 43.6 Å². The number of nitrogens with one attached hydrogen (secondary N) is 2. The summed E-state index contributed by atoms with van der Waals surface area (Å²) >= 11 is 5.68. The molecule has 0 saturated carbocycles. The smallest absolute Gasteiger partial charge is 0.422 e. The van der Waals surface area contributed by atoms with Crippen molar-refractivity contribution in [1.29, 1.82) is 0 Å². The maximum atomic E-state index is 15.0. The van der Waals surface area contributed by atoms with Crippen molar-refractivity contribution >= 4 is 29.2 Å². The summed E-state index contributed by atoms with van der Waals surface area (Å²) in [6, 6.07) is 0.852. The van der Waals surface area contributed by atoms with Crippen LogP contribution in [0, 0.1) is 0 Å². The van der Waals surface area contributed by atoms with E-state index in [1.165, 1.54) is 5.32 Å². The molecule has 0 aliphatic carbocycles. The number of carbonyl (C=O) groups is 2. The van der Waals surface area contributed by atoms with Gasteiger partial charge in [0.05, 0.1) is 11.1 Å². The highest BCUT2D eigenvalue weighted by Gasteiger charge is 2.41. The van der Waals surface area contributed by atoms with Crippen LogP contribution in [0.25, 0.3) is 5.83 Å². The minimum absolute atomic E-state index is 0.0294. The maximum absolute atomic E-state index is 15.0. The van der Waals surface area contributed by atoms with Gasteiger partial charge in [-0.05, 0) is 48.9 Å². The fourth-order valence-electron chi connectivity index (χ4n) is 3.44. The second-order valence-electron chi connectivity index (χ2n) is 8.94. The van der Waals surface area contributed by atoms with Gasteiger partial charge in [0, 0.05) is 10.6 Å². The van der Waals surface area contributed by atoms with Crippen LogP contribution in [-0.4, -0.2) is 49.5 Å². The molecule has 0 heterocycles. The Kier molecular flexibility index (Phi) is 11.2. The van der Waals surface area contributed by atoms with Crippen molar-refractivity contribution in [3.05, 3.63) is 69.8 Å².